The summed E-state index contributed by atoms with van der Waals surface area (Å²) in [5.74, 6) is 2.01. The molecule has 0 saturated carbocycles. The molecule has 1 aliphatic heterocycles. The van der Waals surface area contributed by atoms with E-state index in [-0.39, 0.29) is 5.91 Å². The molecule has 0 N–H and O–H groups in total. The van der Waals surface area contributed by atoms with Crippen molar-refractivity contribution in [1.82, 2.24) is 19.0 Å². The molecule has 0 unspecified atom stereocenters. The molecule has 1 aromatic carbocycles. The van der Waals surface area contributed by atoms with Gasteiger partial charge in [0.05, 0.1) is 0 Å². The molecule has 26 heavy (non-hydrogen) atoms. The lowest BCUT2D eigenvalue weighted by Crippen LogP contribution is -2.40. The van der Waals surface area contributed by atoms with Gasteiger partial charge in [-0.05, 0) is 36.3 Å². The Balaban J connectivity index is 1.33. The number of hydrogen-bond acceptors (Lipinski definition) is 2. The van der Waals surface area contributed by atoms with Crippen LogP contribution in [0, 0.1) is 5.92 Å². The zero-order chi connectivity index (χ0) is 17.9. The van der Waals surface area contributed by atoms with Crippen molar-refractivity contribution in [3.8, 4) is 0 Å². The Kier molecular flexibility index (Phi) is 4.78. The van der Waals surface area contributed by atoms with Crippen molar-refractivity contribution >= 4 is 16.8 Å². The van der Waals surface area contributed by atoms with Crippen molar-refractivity contribution in [2.24, 2.45) is 5.92 Å². The SMILES string of the molecule is CCc1nccn1CC1CCN(C(=O)Cn2ccc3ccccc32)CC1. The minimum atomic E-state index is 0.224. The largest absolute Gasteiger partial charge is 0.341 e. The van der Waals surface area contributed by atoms with Crippen molar-refractivity contribution < 1.29 is 4.79 Å². The van der Waals surface area contributed by atoms with E-state index in [0.717, 1.165) is 50.2 Å². The van der Waals surface area contributed by atoms with Crippen LogP contribution < -0.4 is 0 Å². The lowest BCUT2D eigenvalue weighted by atomic mass is 9.96. The Morgan fingerprint density at radius 2 is 1.92 bits per heavy atom. The molecule has 136 valence electrons. The summed E-state index contributed by atoms with van der Waals surface area (Å²) in [5.41, 5.74) is 1.13. The monoisotopic (exact) mass is 350 g/mol. The number of benzene rings is 1. The van der Waals surface area contributed by atoms with E-state index in [9.17, 15) is 4.79 Å². The standard InChI is InChI=1S/C21H26N4O/c1-2-20-22-10-14-25(20)15-17-7-11-23(12-8-17)21(26)16-24-13-9-18-5-3-4-6-19(18)24/h3-6,9-10,13-14,17H,2,7-8,11-12,15-16H2,1H3. The number of amides is 1. The van der Waals surface area contributed by atoms with Gasteiger partial charge in [0.15, 0.2) is 0 Å². The molecule has 5 heteroatoms. The molecule has 0 radical (unpaired) electrons. The molecule has 1 aliphatic rings. The predicted molar refractivity (Wildman–Crippen MR) is 103 cm³/mol. The van der Waals surface area contributed by atoms with Crippen LogP contribution in [0.5, 0.6) is 0 Å². The van der Waals surface area contributed by atoms with Gasteiger partial charge in [-0.3, -0.25) is 4.79 Å². The Bertz CT molecular complexity index is 886. The quantitative estimate of drug-likeness (QED) is 0.708. The fourth-order valence-electron chi connectivity index (χ4n) is 3.99. The molecule has 0 atom stereocenters. The van der Waals surface area contributed by atoms with Gasteiger partial charge in [-0.15, -0.1) is 0 Å². The first-order valence-electron chi connectivity index (χ1n) is 9.56. The van der Waals surface area contributed by atoms with Crippen molar-refractivity contribution in [3.63, 3.8) is 0 Å². The maximum atomic E-state index is 12.7. The van der Waals surface area contributed by atoms with Crippen LogP contribution in [0.2, 0.25) is 0 Å². The molecular formula is C21H26N4O. The topological polar surface area (TPSA) is 43.1 Å². The average Bonchev–Trinajstić information content (AvgIpc) is 3.29. The molecule has 3 heterocycles. The molecule has 1 saturated heterocycles. The number of imidazole rings is 1. The number of aromatic nitrogens is 3. The van der Waals surface area contributed by atoms with Gasteiger partial charge in [-0.2, -0.15) is 0 Å². The highest BCUT2D eigenvalue weighted by Gasteiger charge is 2.23. The van der Waals surface area contributed by atoms with Crippen molar-refractivity contribution in [3.05, 3.63) is 54.7 Å². The van der Waals surface area contributed by atoms with Crippen molar-refractivity contribution in [1.29, 1.82) is 0 Å². The molecule has 5 nitrogen and oxygen atoms in total. The van der Waals surface area contributed by atoms with Gasteiger partial charge in [0.2, 0.25) is 5.91 Å². The van der Waals surface area contributed by atoms with Gasteiger partial charge in [-0.1, -0.05) is 25.1 Å². The van der Waals surface area contributed by atoms with Gasteiger partial charge in [0, 0.05) is 50.2 Å². The number of nitrogens with zero attached hydrogens (tertiary/aromatic N) is 4. The molecule has 1 fully saturated rings. The minimum absolute atomic E-state index is 0.224. The molecular weight excluding hydrogens is 324 g/mol. The maximum Gasteiger partial charge on any atom is 0.242 e. The smallest absolute Gasteiger partial charge is 0.242 e. The highest BCUT2D eigenvalue weighted by atomic mass is 16.2. The number of likely N-dealkylation sites (tertiary alicyclic amines) is 1. The number of hydrogen-bond donors (Lipinski definition) is 0. The number of fused-ring (bicyclic) bond motifs is 1. The fraction of sp³-hybridized carbons (Fsp3) is 0.429. The van der Waals surface area contributed by atoms with Gasteiger partial charge in [-0.25, -0.2) is 4.98 Å². The van der Waals surface area contributed by atoms with E-state index in [1.54, 1.807) is 0 Å². The molecule has 4 rings (SSSR count). The second kappa shape index (κ2) is 7.36. The summed E-state index contributed by atoms with van der Waals surface area (Å²) in [6.07, 6.45) is 9.08. The third kappa shape index (κ3) is 3.39. The molecule has 2 aromatic heterocycles. The second-order valence-corrected chi connectivity index (χ2v) is 7.18. The third-order valence-electron chi connectivity index (χ3n) is 5.53. The fourth-order valence-corrected chi connectivity index (χ4v) is 3.99. The summed E-state index contributed by atoms with van der Waals surface area (Å²) >= 11 is 0. The molecule has 0 spiro atoms. The van der Waals surface area contributed by atoms with E-state index in [1.807, 2.05) is 29.4 Å². The Labute approximate surface area is 154 Å². The van der Waals surface area contributed by atoms with Crippen molar-refractivity contribution in [2.75, 3.05) is 13.1 Å². The molecule has 3 aromatic rings. The van der Waals surface area contributed by atoms with Gasteiger partial charge < -0.3 is 14.0 Å². The van der Waals surface area contributed by atoms with Crippen LogP contribution in [0.4, 0.5) is 0 Å². The Morgan fingerprint density at radius 1 is 1.12 bits per heavy atom. The summed E-state index contributed by atoms with van der Waals surface area (Å²) in [4.78, 5) is 19.2. The summed E-state index contributed by atoms with van der Waals surface area (Å²) < 4.78 is 4.33. The normalized spacial score (nSPS) is 15.7. The first-order valence-corrected chi connectivity index (χ1v) is 9.56. The predicted octanol–water partition coefficient (Wildman–Crippen LogP) is 3.34. The summed E-state index contributed by atoms with van der Waals surface area (Å²) in [7, 11) is 0. The van der Waals surface area contributed by atoms with Crippen LogP contribution in [0.15, 0.2) is 48.9 Å². The van der Waals surface area contributed by atoms with Crippen LogP contribution in [-0.2, 0) is 24.3 Å². The number of aryl methyl sites for hydroxylation is 1. The first-order chi connectivity index (χ1) is 12.7. The van der Waals surface area contributed by atoms with Gasteiger partial charge >= 0.3 is 0 Å². The average molecular weight is 350 g/mol. The second-order valence-electron chi connectivity index (χ2n) is 7.18. The number of piperidine rings is 1. The zero-order valence-corrected chi connectivity index (χ0v) is 15.3. The van der Waals surface area contributed by atoms with Crippen LogP contribution in [-0.4, -0.2) is 38.0 Å². The van der Waals surface area contributed by atoms with E-state index in [0.29, 0.717) is 12.5 Å². The summed E-state index contributed by atoms with van der Waals surface area (Å²) in [6.45, 7) is 5.32. The molecule has 1 amide bonds. The number of rotatable bonds is 5. The molecule has 0 bridgehead atoms. The lowest BCUT2D eigenvalue weighted by molar-refractivity contribution is -0.133. The van der Waals surface area contributed by atoms with Crippen LogP contribution in [0.25, 0.3) is 10.9 Å². The van der Waals surface area contributed by atoms with Crippen LogP contribution in [0.3, 0.4) is 0 Å². The zero-order valence-electron chi connectivity index (χ0n) is 15.3. The number of carbonyl (C=O) groups is 1. The molecule has 0 aliphatic carbocycles. The van der Waals surface area contributed by atoms with E-state index < -0.39 is 0 Å². The number of para-hydroxylation sites is 1. The number of carbonyl (C=O) groups excluding carboxylic acids is 1. The Morgan fingerprint density at radius 3 is 2.73 bits per heavy atom. The first kappa shape index (κ1) is 16.9. The minimum Gasteiger partial charge on any atom is -0.341 e. The Hall–Kier alpha value is -2.56. The summed E-state index contributed by atoms with van der Waals surface area (Å²) in [6, 6.07) is 10.3. The van der Waals surface area contributed by atoms with Gasteiger partial charge in [0.25, 0.3) is 0 Å². The maximum absolute atomic E-state index is 12.7. The van der Waals surface area contributed by atoms with E-state index >= 15 is 0 Å². The highest BCUT2D eigenvalue weighted by molar-refractivity contribution is 5.83. The highest BCUT2D eigenvalue weighted by Crippen LogP contribution is 2.21. The van der Waals surface area contributed by atoms with Crippen LogP contribution in [0.1, 0.15) is 25.6 Å². The lowest BCUT2D eigenvalue weighted by Gasteiger charge is -2.32. The van der Waals surface area contributed by atoms with Crippen LogP contribution >= 0.6 is 0 Å². The summed E-state index contributed by atoms with van der Waals surface area (Å²) in [5, 5.41) is 1.19. The van der Waals surface area contributed by atoms with E-state index in [2.05, 4.69) is 45.4 Å². The third-order valence-corrected chi connectivity index (χ3v) is 5.53. The van der Waals surface area contributed by atoms with Crippen molar-refractivity contribution in [2.45, 2.75) is 39.3 Å². The van der Waals surface area contributed by atoms with E-state index in [1.165, 1.54) is 5.39 Å². The van der Waals surface area contributed by atoms with E-state index in [4.69, 9.17) is 0 Å². The van der Waals surface area contributed by atoms with Gasteiger partial charge in [0.1, 0.15) is 12.4 Å².